The molecule has 0 amide bonds. The van der Waals surface area contributed by atoms with Crippen LogP contribution in [0.2, 0.25) is 5.02 Å². The minimum atomic E-state index is 0.774. The summed E-state index contributed by atoms with van der Waals surface area (Å²) in [7, 11) is 0. The standard InChI is InChI=1S/C17H25ClN2O/c18-16-3-4-17(21-12-14-1-2-14)15(9-16)11-20-10-13-5-7-19-8-6-13/h3-4,9,13-14,19-20H,1-2,5-8,10-12H2. The van der Waals surface area contributed by atoms with Crippen LogP contribution >= 0.6 is 11.6 Å². The van der Waals surface area contributed by atoms with Gasteiger partial charge in [0.1, 0.15) is 5.75 Å². The van der Waals surface area contributed by atoms with Crippen molar-refractivity contribution in [3.63, 3.8) is 0 Å². The van der Waals surface area contributed by atoms with Crippen LogP contribution < -0.4 is 15.4 Å². The molecule has 0 aromatic heterocycles. The highest BCUT2D eigenvalue weighted by atomic mass is 35.5. The Morgan fingerprint density at radius 3 is 2.71 bits per heavy atom. The summed E-state index contributed by atoms with van der Waals surface area (Å²) in [5.41, 5.74) is 1.18. The second kappa shape index (κ2) is 7.48. The lowest BCUT2D eigenvalue weighted by molar-refractivity contribution is 0.295. The van der Waals surface area contributed by atoms with Crippen LogP contribution in [0, 0.1) is 11.8 Å². The van der Waals surface area contributed by atoms with Gasteiger partial charge in [-0.2, -0.15) is 0 Å². The van der Waals surface area contributed by atoms with E-state index in [0.717, 1.165) is 55.4 Å². The molecule has 0 bridgehead atoms. The van der Waals surface area contributed by atoms with Crippen LogP contribution in [0.4, 0.5) is 0 Å². The first-order chi connectivity index (χ1) is 10.3. The monoisotopic (exact) mass is 308 g/mol. The molecule has 21 heavy (non-hydrogen) atoms. The maximum Gasteiger partial charge on any atom is 0.123 e. The fourth-order valence-electron chi connectivity index (χ4n) is 2.82. The Morgan fingerprint density at radius 1 is 1.14 bits per heavy atom. The van der Waals surface area contributed by atoms with Crippen molar-refractivity contribution in [3.05, 3.63) is 28.8 Å². The summed E-state index contributed by atoms with van der Waals surface area (Å²) in [4.78, 5) is 0. The average molecular weight is 309 g/mol. The van der Waals surface area contributed by atoms with Crippen LogP contribution in [0.5, 0.6) is 5.75 Å². The van der Waals surface area contributed by atoms with Gasteiger partial charge in [-0.15, -0.1) is 0 Å². The van der Waals surface area contributed by atoms with Crippen molar-refractivity contribution < 1.29 is 4.74 Å². The first-order valence-corrected chi connectivity index (χ1v) is 8.52. The molecular weight excluding hydrogens is 284 g/mol. The van der Waals surface area contributed by atoms with E-state index in [1.54, 1.807) is 0 Å². The van der Waals surface area contributed by atoms with E-state index in [1.165, 1.54) is 31.2 Å². The van der Waals surface area contributed by atoms with Crippen molar-refractivity contribution in [3.8, 4) is 5.75 Å². The molecule has 2 N–H and O–H groups in total. The first-order valence-electron chi connectivity index (χ1n) is 8.14. The number of rotatable bonds is 7. The van der Waals surface area contributed by atoms with E-state index in [0.29, 0.717) is 0 Å². The molecule has 3 rings (SSSR count). The fourth-order valence-corrected chi connectivity index (χ4v) is 3.01. The Balaban J connectivity index is 1.50. The highest BCUT2D eigenvalue weighted by Gasteiger charge is 2.22. The third-order valence-electron chi connectivity index (χ3n) is 4.40. The van der Waals surface area contributed by atoms with Gasteiger partial charge in [-0.25, -0.2) is 0 Å². The van der Waals surface area contributed by atoms with Gasteiger partial charge in [-0.05, 0) is 75.4 Å². The van der Waals surface area contributed by atoms with Gasteiger partial charge in [0.15, 0.2) is 0 Å². The summed E-state index contributed by atoms with van der Waals surface area (Å²) in [6.45, 7) is 5.07. The maximum atomic E-state index is 6.13. The summed E-state index contributed by atoms with van der Waals surface area (Å²) >= 11 is 6.13. The van der Waals surface area contributed by atoms with Crippen LogP contribution in [-0.2, 0) is 6.54 Å². The molecule has 116 valence electrons. The normalized spacial score (nSPS) is 19.7. The molecule has 4 heteroatoms. The number of benzene rings is 1. The average Bonchev–Trinajstić information content (AvgIpc) is 3.32. The quantitative estimate of drug-likeness (QED) is 0.811. The van der Waals surface area contributed by atoms with Gasteiger partial charge in [0.05, 0.1) is 6.61 Å². The number of hydrogen-bond donors (Lipinski definition) is 2. The molecule has 2 fully saturated rings. The van der Waals surface area contributed by atoms with Crippen molar-refractivity contribution >= 4 is 11.6 Å². The smallest absolute Gasteiger partial charge is 0.123 e. The van der Waals surface area contributed by atoms with Gasteiger partial charge < -0.3 is 15.4 Å². The lowest BCUT2D eigenvalue weighted by Crippen LogP contribution is -2.33. The van der Waals surface area contributed by atoms with Crippen molar-refractivity contribution in [2.75, 3.05) is 26.2 Å². The number of nitrogens with one attached hydrogen (secondary N) is 2. The molecule has 0 unspecified atom stereocenters. The molecule has 2 aliphatic rings. The molecule has 0 radical (unpaired) electrons. The van der Waals surface area contributed by atoms with Crippen molar-refractivity contribution in [1.29, 1.82) is 0 Å². The summed E-state index contributed by atoms with van der Waals surface area (Å²) < 4.78 is 5.95. The summed E-state index contributed by atoms with van der Waals surface area (Å²) in [5.74, 6) is 2.56. The van der Waals surface area contributed by atoms with E-state index >= 15 is 0 Å². The molecule has 0 atom stereocenters. The van der Waals surface area contributed by atoms with Gasteiger partial charge in [0.2, 0.25) is 0 Å². The second-order valence-corrected chi connectivity index (χ2v) is 6.77. The number of piperidine rings is 1. The molecule has 3 nitrogen and oxygen atoms in total. The predicted molar refractivity (Wildman–Crippen MR) is 87.0 cm³/mol. The summed E-state index contributed by atoms with van der Waals surface area (Å²) in [6, 6.07) is 5.95. The molecule has 1 aliphatic carbocycles. The molecule has 1 aromatic carbocycles. The van der Waals surface area contributed by atoms with E-state index in [9.17, 15) is 0 Å². The Hall–Kier alpha value is -0.770. The predicted octanol–water partition coefficient (Wildman–Crippen LogP) is 3.22. The Morgan fingerprint density at radius 2 is 1.95 bits per heavy atom. The van der Waals surface area contributed by atoms with E-state index in [1.807, 2.05) is 18.2 Å². The SMILES string of the molecule is Clc1ccc(OCC2CC2)c(CNCC2CCNCC2)c1. The largest absolute Gasteiger partial charge is 0.493 e. The molecule has 1 aromatic rings. The summed E-state index contributed by atoms with van der Waals surface area (Å²) in [6.07, 6.45) is 5.18. The zero-order valence-corrected chi connectivity index (χ0v) is 13.3. The van der Waals surface area contributed by atoms with Crippen molar-refractivity contribution in [2.45, 2.75) is 32.2 Å². The second-order valence-electron chi connectivity index (χ2n) is 6.33. The molecule has 1 heterocycles. The van der Waals surface area contributed by atoms with Crippen LogP contribution in [-0.4, -0.2) is 26.2 Å². The molecular formula is C17H25ClN2O. The Bertz CT molecular complexity index is 456. The lowest BCUT2D eigenvalue weighted by atomic mass is 9.98. The zero-order chi connectivity index (χ0) is 14.5. The van der Waals surface area contributed by atoms with Crippen molar-refractivity contribution in [2.24, 2.45) is 11.8 Å². The number of halogens is 1. The Kier molecular flexibility index (Phi) is 5.39. The van der Waals surface area contributed by atoms with Crippen molar-refractivity contribution in [1.82, 2.24) is 10.6 Å². The third kappa shape index (κ3) is 4.87. The van der Waals surface area contributed by atoms with E-state index < -0.39 is 0 Å². The van der Waals surface area contributed by atoms with Crippen LogP contribution in [0.15, 0.2) is 18.2 Å². The Labute approximate surface area is 132 Å². The maximum absolute atomic E-state index is 6.13. The number of ether oxygens (including phenoxy) is 1. The van der Waals surface area contributed by atoms with Crippen LogP contribution in [0.1, 0.15) is 31.2 Å². The fraction of sp³-hybridized carbons (Fsp3) is 0.647. The topological polar surface area (TPSA) is 33.3 Å². The molecule has 1 saturated heterocycles. The van der Waals surface area contributed by atoms with E-state index in [2.05, 4.69) is 10.6 Å². The van der Waals surface area contributed by atoms with Gasteiger partial charge in [0.25, 0.3) is 0 Å². The highest BCUT2D eigenvalue weighted by molar-refractivity contribution is 6.30. The first kappa shape index (κ1) is 15.1. The molecule has 1 saturated carbocycles. The van der Waals surface area contributed by atoms with E-state index in [4.69, 9.17) is 16.3 Å². The lowest BCUT2D eigenvalue weighted by Gasteiger charge is -2.23. The van der Waals surface area contributed by atoms with Crippen LogP contribution in [0.25, 0.3) is 0 Å². The minimum Gasteiger partial charge on any atom is -0.493 e. The molecule has 1 aliphatic heterocycles. The highest BCUT2D eigenvalue weighted by Crippen LogP contribution is 2.31. The van der Waals surface area contributed by atoms with Gasteiger partial charge in [-0.3, -0.25) is 0 Å². The third-order valence-corrected chi connectivity index (χ3v) is 4.64. The zero-order valence-electron chi connectivity index (χ0n) is 12.5. The van der Waals surface area contributed by atoms with Gasteiger partial charge >= 0.3 is 0 Å². The van der Waals surface area contributed by atoms with E-state index in [-0.39, 0.29) is 0 Å². The number of hydrogen-bond acceptors (Lipinski definition) is 3. The summed E-state index contributed by atoms with van der Waals surface area (Å²) in [5, 5.41) is 7.77. The van der Waals surface area contributed by atoms with Gasteiger partial charge in [0, 0.05) is 17.1 Å². The van der Waals surface area contributed by atoms with Crippen LogP contribution in [0.3, 0.4) is 0 Å². The molecule has 0 spiro atoms. The van der Waals surface area contributed by atoms with Gasteiger partial charge in [-0.1, -0.05) is 11.6 Å². The minimum absolute atomic E-state index is 0.774.